The molecule has 1 aromatic rings. The summed E-state index contributed by atoms with van der Waals surface area (Å²) in [5.41, 5.74) is 3.48. The van der Waals surface area contributed by atoms with E-state index < -0.39 is 0 Å². The number of pyridine rings is 1. The maximum absolute atomic E-state index is 9.40. The van der Waals surface area contributed by atoms with Gasteiger partial charge in [-0.3, -0.25) is 4.98 Å². The van der Waals surface area contributed by atoms with Crippen molar-refractivity contribution in [3.8, 4) is 0 Å². The maximum Gasteiger partial charge on any atom is 0.0717 e. The van der Waals surface area contributed by atoms with Crippen LogP contribution in [0.25, 0.3) is 0 Å². The third kappa shape index (κ3) is 2.78. The third-order valence-electron chi connectivity index (χ3n) is 3.51. The molecule has 0 atom stereocenters. The molecule has 0 amide bonds. The quantitative estimate of drug-likeness (QED) is 0.854. The fourth-order valence-corrected chi connectivity index (χ4v) is 2.62. The molecule has 0 spiro atoms. The van der Waals surface area contributed by atoms with Gasteiger partial charge in [0.05, 0.1) is 6.61 Å². The van der Waals surface area contributed by atoms with Crippen molar-refractivity contribution in [1.29, 1.82) is 0 Å². The van der Waals surface area contributed by atoms with Crippen LogP contribution in [-0.4, -0.2) is 23.2 Å². The van der Waals surface area contributed by atoms with Gasteiger partial charge in [0.15, 0.2) is 0 Å². The number of anilines is 1. The number of rotatable bonds is 2. The van der Waals surface area contributed by atoms with Gasteiger partial charge < -0.3 is 10.0 Å². The van der Waals surface area contributed by atoms with Crippen LogP contribution < -0.4 is 4.90 Å². The van der Waals surface area contributed by atoms with Gasteiger partial charge >= 0.3 is 0 Å². The van der Waals surface area contributed by atoms with Gasteiger partial charge in [-0.05, 0) is 31.2 Å². The number of piperidine rings is 1. The van der Waals surface area contributed by atoms with Crippen molar-refractivity contribution in [3.63, 3.8) is 0 Å². The number of aliphatic hydroxyl groups excluding tert-OH is 1. The highest BCUT2D eigenvalue weighted by Crippen LogP contribution is 2.33. The van der Waals surface area contributed by atoms with Gasteiger partial charge in [0.25, 0.3) is 0 Å². The molecule has 3 nitrogen and oxygen atoms in total. The second-order valence-electron chi connectivity index (χ2n) is 5.80. The zero-order chi connectivity index (χ0) is 12.5. The van der Waals surface area contributed by atoms with E-state index in [1.54, 1.807) is 6.20 Å². The minimum absolute atomic E-state index is 0.0690. The Kier molecular flexibility index (Phi) is 3.38. The number of nitrogens with zero attached hydrogens (tertiary/aromatic N) is 2. The Morgan fingerprint density at radius 3 is 2.88 bits per heavy atom. The normalized spacial score (nSPS) is 19.4. The van der Waals surface area contributed by atoms with Crippen LogP contribution in [0.3, 0.4) is 0 Å². The van der Waals surface area contributed by atoms with E-state index >= 15 is 0 Å². The first-order valence-corrected chi connectivity index (χ1v) is 6.33. The molecule has 1 saturated heterocycles. The molecule has 0 bridgehead atoms. The lowest BCUT2D eigenvalue weighted by molar-refractivity contribution is 0.276. The highest BCUT2D eigenvalue weighted by Gasteiger charge is 2.27. The summed E-state index contributed by atoms with van der Waals surface area (Å²) in [6, 6.07) is 2.09. The van der Waals surface area contributed by atoms with Crippen LogP contribution in [0.2, 0.25) is 0 Å². The Morgan fingerprint density at radius 2 is 2.24 bits per heavy atom. The summed E-state index contributed by atoms with van der Waals surface area (Å²) in [6.45, 7) is 8.83. The highest BCUT2D eigenvalue weighted by molar-refractivity contribution is 5.54. The third-order valence-corrected chi connectivity index (χ3v) is 3.51. The Bertz CT molecular complexity index is 401. The molecule has 1 fully saturated rings. The molecule has 94 valence electrons. The van der Waals surface area contributed by atoms with E-state index in [0.717, 1.165) is 30.0 Å². The molecule has 3 heteroatoms. The molecular weight excluding hydrogens is 212 g/mol. The minimum atomic E-state index is 0.0690. The van der Waals surface area contributed by atoms with Crippen molar-refractivity contribution in [1.82, 2.24) is 4.98 Å². The molecule has 1 N–H and O–H groups in total. The molecule has 0 radical (unpaired) electrons. The van der Waals surface area contributed by atoms with E-state index in [1.807, 2.05) is 6.92 Å². The molecule has 0 saturated carbocycles. The molecule has 17 heavy (non-hydrogen) atoms. The van der Waals surface area contributed by atoms with Crippen LogP contribution in [0.15, 0.2) is 12.3 Å². The molecular formula is C14H22N2O. The number of aryl methyl sites for hydroxylation is 1. The summed E-state index contributed by atoms with van der Waals surface area (Å²) >= 11 is 0. The smallest absolute Gasteiger partial charge is 0.0717 e. The van der Waals surface area contributed by atoms with Crippen molar-refractivity contribution in [2.24, 2.45) is 5.41 Å². The Labute approximate surface area is 103 Å². The number of aliphatic hydroxyl groups is 1. The number of hydrogen-bond acceptors (Lipinski definition) is 3. The van der Waals surface area contributed by atoms with E-state index in [9.17, 15) is 5.11 Å². The Hall–Kier alpha value is -1.09. The van der Waals surface area contributed by atoms with E-state index in [2.05, 4.69) is 29.8 Å². The molecule has 2 heterocycles. The summed E-state index contributed by atoms with van der Waals surface area (Å²) in [7, 11) is 0. The number of hydrogen-bond donors (Lipinski definition) is 1. The van der Waals surface area contributed by atoms with E-state index in [-0.39, 0.29) is 6.61 Å². The molecule has 1 aromatic heterocycles. The summed E-state index contributed by atoms with van der Waals surface area (Å²) in [6.07, 6.45) is 4.30. The van der Waals surface area contributed by atoms with Crippen molar-refractivity contribution in [2.45, 2.75) is 40.2 Å². The van der Waals surface area contributed by atoms with Crippen molar-refractivity contribution >= 4 is 5.69 Å². The molecule has 0 unspecified atom stereocenters. The summed E-state index contributed by atoms with van der Waals surface area (Å²) in [4.78, 5) is 6.65. The molecule has 2 rings (SSSR count). The Balaban J connectivity index is 2.29. The van der Waals surface area contributed by atoms with Crippen LogP contribution in [0, 0.1) is 12.3 Å². The van der Waals surface area contributed by atoms with Crippen LogP contribution >= 0.6 is 0 Å². The Morgan fingerprint density at radius 1 is 1.47 bits per heavy atom. The fraction of sp³-hybridized carbons (Fsp3) is 0.643. The first-order valence-electron chi connectivity index (χ1n) is 6.33. The van der Waals surface area contributed by atoms with Gasteiger partial charge in [0.1, 0.15) is 0 Å². The predicted molar refractivity (Wildman–Crippen MR) is 70.1 cm³/mol. The van der Waals surface area contributed by atoms with Crippen molar-refractivity contribution in [3.05, 3.63) is 23.5 Å². The van der Waals surface area contributed by atoms with E-state index in [4.69, 9.17) is 0 Å². The summed E-state index contributed by atoms with van der Waals surface area (Å²) < 4.78 is 0. The van der Waals surface area contributed by atoms with Crippen LogP contribution in [0.5, 0.6) is 0 Å². The van der Waals surface area contributed by atoms with Gasteiger partial charge in [-0.15, -0.1) is 0 Å². The van der Waals surface area contributed by atoms with Crippen molar-refractivity contribution < 1.29 is 5.11 Å². The van der Waals surface area contributed by atoms with Crippen molar-refractivity contribution in [2.75, 3.05) is 18.0 Å². The minimum Gasteiger partial charge on any atom is -0.392 e. The molecule has 1 aliphatic heterocycles. The summed E-state index contributed by atoms with van der Waals surface area (Å²) in [5.74, 6) is 0. The topological polar surface area (TPSA) is 36.4 Å². The first-order chi connectivity index (χ1) is 8.02. The monoisotopic (exact) mass is 234 g/mol. The standard InChI is InChI=1S/C14H22N2O/c1-11-7-13(12(9-17)8-15-11)16-6-4-5-14(2,3)10-16/h7-8,17H,4-6,9-10H2,1-3H3. The van der Waals surface area contributed by atoms with Gasteiger partial charge in [-0.25, -0.2) is 0 Å². The second-order valence-corrected chi connectivity index (χ2v) is 5.80. The first kappa shape index (κ1) is 12.4. The van der Waals surface area contributed by atoms with Crippen LogP contribution in [0.1, 0.15) is 37.9 Å². The van der Waals surface area contributed by atoms with E-state index in [1.165, 1.54) is 12.8 Å². The molecule has 0 aromatic carbocycles. The lowest BCUT2D eigenvalue weighted by atomic mass is 9.84. The predicted octanol–water partition coefficient (Wildman–Crippen LogP) is 2.51. The lowest BCUT2D eigenvalue weighted by Gasteiger charge is -2.40. The SMILES string of the molecule is Cc1cc(N2CCCC(C)(C)C2)c(CO)cn1. The van der Waals surface area contributed by atoms with Crippen LogP contribution in [0.4, 0.5) is 5.69 Å². The maximum atomic E-state index is 9.40. The molecule has 1 aliphatic rings. The largest absolute Gasteiger partial charge is 0.392 e. The van der Waals surface area contributed by atoms with Gasteiger partial charge in [0.2, 0.25) is 0 Å². The average molecular weight is 234 g/mol. The van der Waals surface area contributed by atoms with Gasteiger partial charge in [-0.1, -0.05) is 13.8 Å². The van der Waals surface area contributed by atoms with Crippen LogP contribution in [-0.2, 0) is 6.61 Å². The lowest BCUT2D eigenvalue weighted by Crippen LogP contribution is -2.40. The fourth-order valence-electron chi connectivity index (χ4n) is 2.62. The molecule has 0 aliphatic carbocycles. The summed E-state index contributed by atoms with van der Waals surface area (Å²) in [5, 5.41) is 9.40. The second kappa shape index (κ2) is 4.65. The zero-order valence-corrected chi connectivity index (χ0v) is 11.0. The highest BCUT2D eigenvalue weighted by atomic mass is 16.3. The number of aromatic nitrogens is 1. The van der Waals surface area contributed by atoms with E-state index in [0.29, 0.717) is 5.41 Å². The zero-order valence-electron chi connectivity index (χ0n) is 11.0. The van der Waals surface area contributed by atoms with Gasteiger partial charge in [-0.2, -0.15) is 0 Å². The van der Waals surface area contributed by atoms with Gasteiger partial charge in [0, 0.05) is 36.2 Å². The average Bonchev–Trinajstić information content (AvgIpc) is 2.27.